The molecule has 1 aromatic heterocycles. The number of rotatable bonds is 10. The zero-order valence-corrected chi connectivity index (χ0v) is 15.9. The predicted octanol–water partition coefficient (Wildman–Crippen LogP) is 2.82. The molecule has 144 valence electrons. The van der Waals surface area contributed by atoms with E-state index in [1.54, 1.807) is 25.4 Å². The maximum atomic E-state index is 10.6. The number of terminal acetylenes is 1. The highest BCUT2D eigenvalue weighted by Gasteiger charge is 2.08. The van der Waals surface area contributed by atoms with Gasteiger partial charge in [-0.3, -0.25) is 4.90 Å². The van der Waals surface area contributed by atoms with Gasteiger partial charge in [-0.25, -0.2) is 4.68 Å². The molecule has 2 rings (SSSR count). The minimum Gasteiger partial charge on any atom is -0.508 e. The number of phenolic OH excluding ortho intramolecular Hbond substituents is 1. The quantitative estimate of drug-likeness (QED) is 0.515. The number of hydrogen-bond donors (Lipinski definition) is 1. The highest BCUT2D eigenvalue weighted by atomic mass is 16.5. The van der Waals surface area contributed by atoms with E-state index in [2.05, 4.69) is 22.8 Å². The van der Waals surface area contributed by atoms with Crippen LogP contribution in [0.5, 0.6) is 5.75 Å². The Hall–Kier alpha value is -2.88. The Morgan fingerprint density at radius 1 is 1.33 bits per heavy atom. The van der Waals surface area contributed by atoms with Crippen molar-refractivity contribution < 1.29 is 14.6 Å². The monoisotopic (exact) mass is 369 g/mol. The molecule has 0 bridgehead atoms. The van der Waals surface area contributed by atoms with Crippen molar-refractivity contribution in [2.24, 2.45) is 0 Å². The molecular weight excluding hydrogens is 342 g/mol. The Labute approximate surface area is 161 Å². The van der Waals surface area contributed by atoms with Crippen molar-refractivity contribution in [3.8, 4) is 29.7 Å². The molecule has 0 atom stereocenters. The molecule has 0 unspecified atom stereocenters. The average Bonchev–Trinajstić information content (AvgIpc) is 3.05. The molecule has 27 heavy (non-hydrogen) atoms. The standard InChI is InChI=1S/C19H25N3O3.C2H2/c1-16-19(17-6-3-7-18(24)14-17)15-20-22(16)10-4-8-21(9-5-12-23)11-13-25-2;1-2/h3-4,6-7,10,12,14-15,24H,5,8-9,11,13H2,1-2H3;1-2H/b10-4-;. The summed E-state index contributed by atoms with van der Waals surface area (Å²) in [7, 11) is 1.67. The largest absolute Gasteiger partial charge is 0.508 e. The topological polar surface area (TPSA) is 67.6 Å². The lowest BCUT2D eigenvalue weighted by molar-refractivity contribution is -0.108. The van der Waals surface area contributed by atoms with E-state index in [9.17, 15) is 9.90 Å². The Morgan fingerprint density at radius 2 is 2.11 bits per heavy atom. The lowest BCUT2D eigenvalue weighted by Gasteiger charge is -2.18. The van der Waals surface area contributed by atoms with Crippen molar-refractivity contribution in [2.45, 2.75) is 13.3 Å². The van der Waals surface area contributed by atoms with Gasteiger partial charge in [-0.2, -0.15) is 5.10 Å². The van der Waals surface area contributed by atoms with Crippen LogP contribution in [-0.4, -0.2) is 59.4 Å². The molecule has 1 aromatic carbocycles. The number of methoxy groups -OCH3 is 1. The number of carbonyl (C=O) groups is 1. The van der Waals surface area contributed by atoms with Gasteiger partial charge < -0.3 is 14.6 Å². The first-order chi connectivity index (χ1) is 13.2. The molecule has 0 spiro atoms. The summed E-state index contributed by atoms with van der Waals surface area (Å²) in [6, 6.07) is 7.14. The fraction of sp³-hybridized carbons (Fsp3) is 0.333. The molecule has 0 saturated heterocycles. The van der Waals surface area contributed by atoms with E-state index in [0.717, 1.165) is 36.2 Å². The molecule has 1 N–H and O–H groups in total. The van der Waals surface area contributed by atoms with Crippen molar-refractivity contribution in [1.29, 1.82) is 0 Å². The molecule has 0 fully saturated rings. The third-order valence-electron chi connectivity index (χ3n) is 3.99. The number of carbonyl (C=O) groups excluding carboxylic acids is 1. The number of phenols is 1. The van der Waals surface area contributed by atoms with Crippen LogP contribution in [0.4, 0.5) is 0 Å². The first-order valence-electron chi connectivity index (χ1n) is 8.64. The number of hydrogen-bond acceptors (Lipinski definition) is 5. The second kappa shape index (κ2) is 12.5. The van der Waals surface area contributed by atoms with Crippen LogP contribution in [0, 0.1) is 19.8 Å². The maximum Gasteiger partial charge on any atom is 0.121 e. The minimum atomic E-state index is 0.240. The van der Waals surface area contributed by atoms with Gasteiger partial charge in [0.05, 0.1) is 12.8 Å². The summed E-state index contributed by atoms with van der Waals surface area (Å²) in [6.45, 7) is 4.84. The molecule has 0 radical (unpaired) electrons. The van der Waals surface area contributed by atoms with Crippen molar-refractivity contribution in [1.82, 2.24) is 14.7 Å². The third kappa shape index (κ3) is 7.10. The van der Waals surface area contributed by atoms with E-state index in [1.807, 2.05) is 36.0 Å². The number of aldehydes is 1. The smallest absolute Gasteiger partial charge is 0.121 e. The first kappa shape index (κ1) is 22.2. The van der Waals surface area contributed by atoms with Gasteiger partial charge in [0.2, 0.25) is 0 Å². The lowest BCUT2D eigenvalue weighted by Crippen LogP contribution is -2.29. The van der Waals surface area contributed by atoms with Crippen molar-refractivity contribution in [3.05, 3.63) is 42.2 Å². The van der Waals surface area contributed by atoms with Crippen molar-refractivity contribution in [2.75, 3.05) is 33.4 Å². The van der Waals surface area contributed by atoms with E-state index in [1.165, 1.54) is 0 Å². The van der Waals surface area contributed by atoms with Crippen LogP contribution < -0.4 is 0 Å². The maximum absolute atomic E-state index is 10.6. The van der Waals surface area contributed by atoms with Crippen LogP contribution in [0.3, 0.4) is 0 Å². The zero-order chi connectivity index (χ0) is 20.1. The number of benzene rings is 1. The van der Waals surface area contributed by atoms with Gasteiger partial charge >= 0.3 is 0 Å². The Balaban J connectivity index is 0.00000176. The lowest BCUT2D eigenvalue weighted by atomic mass is 10.1. The summed E-state index contributed by atoms with van der Waals surface area (Å²) < 4.78 is 6.92. The van der Waals surface area contributed by atoms with Gasteiger partial charge in [-0.05, 0) is 24.6 Å². The van der Waals surface area contributed by atoms with E-state index in [-0.39, 0.29) is 5.75 Å². The molecule has 6 heteroatoms. The molecule has 0 saturated carbocycles. The molecule has 6 nitrogen and oxygen atoms in total. The van der Waals surface area contributed by atoms with Crippen LogP contribution in [0.25, 0.3) is 17.3 Å². The Morgan fingerprint density at radius 3 is 2.78 bits per heavy atom. The van der Waals surface area contributed by atoms with Gasteiger partial charge in [0, 0.05) is 50.6 Å². The van der Waals surface area contributed by atoms with E-state index in [0.29, 0.717) is 19.6 Å². The second-order valence-electron chi connectivity index (χ2n) is 5.77. The molecule has 0 aliphatic carbocycles. The number of nitrogens with zero attached hydrogens (tertiary/aromatic N) is 3. The third-order valence-corrected chi connectivity index (χ3v) is 3.99. The van der Waals surface area contributed by atoms with Gasteiger partial charge in [0.1, 0.15) is 12.0 Å². The van der Waals surface area contributed by atoms with Crippen molar-refractivity contribution in [3.63, 3.8) is 0 Å². The summed E-state index contributed by atoms with van der Waals surface area (Å²) in [5.74, 6) is 0.240. The number of aromatic hydroxyl groups is 1. The van der Waals surface area contributed by atoms with Crippen LogP contribution in [-0.2, 0) is 9.53 Å². The van der Waals surface area contributed by atoms with E-state index in [4.69, 9.17) is 4.74 Å². The van der Waals surface area contributed by atoms with Gasteiger partial charge in [-0.15, -0.1) is 12.8 Å². The zero-order valence-electron chi connectivity index (χ0n) is 15.9. The fourth-order valence-corrected chi connectivity index (χ4v) is 2.58. The summed E-state index contributed by atoms with van der Waals surface area (Å²) in [5, 5.41) is 14.0. The summed E-state index contributed by atoms with van der Waals surface area (Å²) in [4.78, 5) is 12.7. The summed E-state index contributed by atoms with van der Waals surface area (Å²) >= 11 is 0. The molecule has 0 aliphatic heterocycles. The van der Waals surface area contributed by atoms with Gasteiger partial charge in [0.15, 0.2) is 0 Å². The summed E-state index contributed by atoms with van der Waals surface area (Å²) in [5.41, 5.74) is 2.92. The second-order valence-corrected chi connectivity index (χ2v) is 5.77. The minimum absolute atomic E-state index is 0.240. The van der Waals surface area contributed by atoms with E-state index >= 15 is 0 Å². The molecule has 2 aromatic rings. The van der Waals surface area contributed by atoms with Crippen LogP contribution in [0.1, 0.15) is 12.1 Å². The normalized spacial score (nSPS) is 10.7. The first-order valence-corrected chi connectivity index (χ1v) is 8.64. The SMILES string of the molecule is C#C.COCCN(C/C=C\n1ncc(-c2cccc(O)c2)c1C)CCC=O. The van der Waals surface area contributed by atoms with Crippen LogP contribution in [0.15, 0.2) is 36.5 Å². The van der Waals surface area contributed by atoms with E-state index < -0.39 is 0 Å². The predicted molar refractivity (Wildman–Crippen MR) is 108 cm³/mol. The Kier molecular flexibility index (Phi) is 10.2. The van der Waals surface area contributed by atoms with Gasteiger partial charge in [0.25, 0.3) is 0 Å². The molecule has 0 amide bonds. The van der Waals surface area contributed by atoms with Crippen molar-refractivity contribution >= 4 is 12.5 Å². The number of aromatic nitrogens is 2. The molecule has 1 heterocycles. The molecular formula is C21H27N3O3. The fourth-order valence-electron chi connectivity index (χ4n) is 2.58. The Bertz CT molecular complexity index is 750. The van der Waals surface area contributed by atoms with Crippen LogP contribution >= 0.6 is 0 Å². The number of ether oxygens (including phenoxy) is 1. The van der Waals surface area contributed by atoms with Crippen LogP contribution in [0.2, 0.25) is 0 Å². The molecule has 0 aliphatic rings. The summed E-state index contributed by atoms with van der Waals surface area (Å²) in [6.07, 6.45) is 15.2. The average molecular weight is 369 g/mol. The van der Waals surface area contributed by atoms with Gasteiger partial charge in [-0.1, -0.05) is 18.2 Å². The highest BCUT2D eigenvalue weighted by Crippen LogP contribution is 2.25. The highest BCUT2D eigenvalue weighted by molar-refractivity contribution is 5.67.